The predicted molar refractivity (Wildman–Crippen MR) is 76.2 cm³/mol. The molecule has 1 unspecified atom stereocenters. The van der Waals surface area contributed by atoms with Crippen LogP contribution in [-0.2, 0) is 14.3 Å². The Morgan fingerprint density at radius 1 is 1.52 bits per heavy atom. The Labute approximate surface area is 124 Å². The monoisotopic (exact) mass is 290 g/mol. The van der Waals surface area contributed by atoms with Crippen LogP contribution in [0.3, 0.4) is 0 Å². The topological polar surface area (TPSA) is 55.8 Å². The predicted octanol–water partition coefficient (Wildman–Crippen LogP) is 2.33. The number of aliphatic hydroxyl groups is 1. The molecule has 1 heterocycles. The fraction of sp³-hybridized carbons (Fsp3) is 0.706. The molecule has 1 aliphatic heterocycles. The van der Waals surface area contributed by atoms with Crippen LogP contribution in [0.2, 0.25) is 0 Å². The summed E-state index contributed by atoms with van der Waals surface area (Å²) < 4.78 is 10.8. The summed E-state index contributed by atoms with van der Waals surface area (Å²) in [7, 11) is 0. The Morgan fingerprint density at radius 3 is 3.05 bits per heavy atom. The number of carbonyl (C=O) groups excluding carboxylic acids is 1. The van der Waals surface area contributed by atoms with Crippen LogP contribution in [-0.4, -0.2) is 30.1 Å². The van der Waals surface area contributed by atoms with Gasteiger partial charge in [0.25, 0.3) is 0 Å². The fourth-order valence-corrected chi connectivity index (χ4v) is 6.03. The summed E-state index contributed by atoms with van der Waals surface area (Å²) in [4.78, 5) is 11.7. The molecule has 5 fully saturated rings. The summed E-state index contributed by atoms with van der Waals surface area (Å²) in [6.45, 7) is 6.51. The van der Waals surface area contributed by atoms with Gasteiger partial charge >= 0.3 is 5.97 Å². The highest BCUT2D eigenvalue weighted by Crippen LogP contribution is 2.89. The molecule has 114 valence electrons. The second kappa shape index (κ2) is 3.99. The first-order valence-electron chi connectivity index (χ1n) is 7.94. The Balaban J connectivity index is 1.74. The van der Waals surface area contributed by atoms with Gasteiger partial charge in [-0.1, -0.05) is 31.1 Å². The molecule has 0 aromatic heterocycles. The number of carbonyl (C=O) groups is 1. The number of esters is 1. The molecule has 1 spiro atoms. The largest absolute Gasteiger partial charge is 0.463 e. The van der Waals surface area contributed by atoms with Gasteiger partial charge in [0.15, 0.2) is 6.29 Å². The Hall–Kier alpha value is -1.13. The van der Waals surface area contributed by atoms with E-state index < -0.39 is 6.29 Å². The third-order valence-corrected chi connectivity index (χ3v) is 6.62. The van der Waals surface area contributed by atoms with Crippen molar-refractivity contribution in [2.24, 2.45) is 16.2 Å². The number of rotatable bonds is 3. The first-order chi connectivity index (χ1) is 10.0. The standard InChI is InChI=1S/C17H22O4/c1-3-20-13(18)6-9-15-10-12-16(11(15)2)7-4-5-8-17(15,16)14(19)21-12/h6,9,12,14,19H,2-5,7-8,10H2,1H3/b9-6+/t12-,14?,15+,16+,17-/m0/s1. The van der Waals surface area contributed by atoms with Crippen LogP contribution in [0.1, 0.15) is 39.0 Å². The van der Waals surface area contributed by atoms with Crippen LogP contribution in [0.5, 0.6) is 0 Å². The zero-order chi connectivity index (χ0) is 14.9. The van der Waals surface area contributed by atoms with Gasteiger partial charge in [0.05, 0.1) is 12.7 Å². The molecule has 4 aliphatic carbocycles. The molecule has 4 nitrogen and oxygen atoms in total. The lowest BCUT2D eigenvalue weighted by molar-refractivity contribution is -0.219. The minimum atomic E-state index is -0.728. The van der Waals surface area contributed by atoms with Crippen LogP contribution in [0.25, 0.3) is 0 Å². The molecule has 4 heteroatoms. The van der Waals surface area contributed by atoms with Gasteiger partial charge in [0, 0.05) is 22.3 Å². The first kappa shape index (κ1) is 13.5. The lowest BCUT2D eigenvalue weighted by atomic mass is 9.35. The van der Waals surface area contributed by atoms with Crippen LogP contribution >= 0.6 is 0 Å². The highest BCUT2D eigenvalue weighted by molar-refractivity contribution is 5.82. The lowest BCUT2D eigenvalue weighted by Crippen LogP contribution is -2.65. The van der Waals surface area contributed by atoms with Gasteiger partial charge in [-0.3, -0.25) is 0 Å². The van der Waals surface area contributed by atoms with Gasteiger partial charge in [-0.05, 0) is 26.2 Å². The minimum Gasteiger partial charge on any atom is -0.463 e. The Bertz CT molecular complexity index is 553. The van der Waals surface area contributed by atoms with Crippen molar-refractivity contribution in [3.8, 4) is 0 Å². The lowest BCUT2D eigenvalue weighted by Gasteiger charge is -2.66. The van der Waals surface area contributed by atoms with E-state index in [2.05, 4.69) is 6.58 Å². The van der Waals surface area contributed by atoms with Crippen LogP contribution in [0.15, 0.2) is 24.3 Å². The Kier molecular flexibility index (Phi) is 2.57. The van der Waals surface area contributed by atoms with Crippen molar-refractivity contribution in [3.63, 3.8) is 0 Å². The molecule has 5 atom stereocenters. The van der Waals surface area contributed by atoms with Crippen molar-refractivity contribution in [1.29, 1.82) is 0 Å². The Morgan fingerprint density at radius 2 is 2.29 bits per heavy atom. The number of aliphatic hydroxyl groups excluding tert-OH is 1. The number of ether oxygens (including phenoxy) is 2. The van der Waals surface area contributed by atoms with E-state index in [1.54, 1.807) is 6.92 Å². The van der Waals surface area contributed by atoms with E-state index in [0.29, 0.717) is 6.61 Å². The summed E-state index contributed by atoms with van der Waals surface area (Å²) in [5.74, 6) is -0.317. The maximum absolute atomic E-state index is 11.7. The van der Waals surface area contributed by atoms with Gasteiger partial charge in [0.2, 0.25) is 0 Å². The second-order valence-corrected chi connectivity index (χ2v) is 6.87. The molecule has 5 aliphatic rings. The maximum atomic E-state index is 11.7. The summed E-state index contributed by atoms with van der Waals surface area (Å²) >= 11 is 0. The van der Waals surface area contributed by atoms with Crippen LogP contribution < -0.4 is 0 Å². The van der Waals surface area contributed by atoms with E-state index >= 15 is 0 Å². The number of hydrogen-bond donors (Lipinski definition) is 1. The van der Waals surface area contributed by atoms with E-state index in [9.17, 15) is 9.90 Å². The number of allylic oxidation sites excluding steroid dienone is 1. The van der Waals surface area contributed by atoms with E-state index in [0.717, 1.165) is 31.3 Å². The van der Waals surface area contributed by atoms with Crippen molar-refractivity contribution in [2.45, 2.75) is 51.4 Å². The van der Waals surface area contributed by atoms with Gasteiger partial charge < -0.3 is 14.6 Å². The average Bonchev–Trinajstić information content (AvgIpc) is 2.97. The summed E-state index contributed by atoms with van der Waals surface area (Å²) in [6, 6.07) is 0. The van der Waals surface area contributed by atoms with Crippen molar-refractivity contribution in [1.82, 2.24) is 0 Å². The van der Waals surface area contributed by atoms with Gasteiger partial charge in [-0.2, -0.15) is 0 Å². The summed E-state index contributed by atoms with van der Waals surface area (Å²) in [5.41, 5.74) is 0.576. The van der Waals surface area contributed by atoms with Crippen molar-refractivity contribution in [3.05, 3.63) is 24.3 Å². The van der Waals surface area contributed by atoms with E-state index in [-0.39, 0.29) is 28.3 Å². The fourth-order valence-electron chi connectivity index (χ4n) is 6.03. The zero-order valence-corrected chi connectivity index (χ0v) is 12.4. The molecule has 4 bridgehead atoms. The quantitative estimate of drug-likeness (QED) is 0.492. The molecule has 0 aromatic carbocycles. The van der Waals surface area contributed by atoms with E-state index in [1.165, 1.54) is 12.5 Å². The smallest absolute Gasteiger partial charge is 0.330 e. The molecule has 1 saturated heterocycles. The highest BCUT2D eigenvalue weighted by atomic mass is 16.6. The molecular formula is C17H22O4. The summed E-state index contributed by atoms with van der Waals surface area (Å²) in [5, 5.41) is 10.5. The SMILES string of the molecule is C=C1[C@@]2(/C=C/C(=O)OCC)C[C@@H]3OC(O)[C@@]24CCCC[C@@]134. The third-order valence-electron chi connectivity index (χ3n) is 6.62. The van der Waals surface area contributed by atoms with Gasteiger partial charge in [0.1, 0.15) is 0 Å². The van der Waals surface area contributed by atoms with E-state index in [4.69, 9.17) is 9.47 Å². The third kappa shape index (κ3) is 1.17. The molecular weight excluding hydrogens is 268 g/mol. The number of hydrogen-bond acceptors (Lipinski definition) is 4. The molecule has 0 aromatic rings. The maximum Gasteiger partial charge on any atom is 0.330 e. The second-order valence-electron chi connectivity index (χ2n) is 6.87. The molecule has 1 N–H and O–H groups in total. The van der Waals surface area contributed by atoms with Crippen molar-refractivity contribution >= 4 is 5.97 Å². The minimum absolute atomic E-state index is 0.0519. The first-order valence-corrected chi connectivity index (χ1v) is 7.94. The van der Waals surface area contributed by atoms with Crippen LogP contribution in [0, 0.1) is 16.2 Å². The van der Waals surface area contributed by atoms with Crippen molar-refractivity contribution in [2.75, 3.05) is 6.61 Å². The highest BCUT2D eigenvalue weighted by Gasteiger charge is 2.89. The molecule has 0 amide bonds. The van der Waals surface area contributed by atoms with Gasteiger partial charge in [-0.15, -0.1) is 0 Å². The molecule has 0 radical (unpaired) electrons. The molecule has 5 rings (SSSR count). The van der Waals surface area contributed by atoms with E-state index in [1.807, 2.05) is 6.08 Å². The van der Waals surface area contributed by atoms with Crippen LogP contribution in [0.4, 0.5) is 0 Å². The normalized spacial score (nSPS) is 50.1. The summed E-state index contributed by atoms with van der Waals surface area (Å²) in [6.07, 6.45) is 7.94. The van der Waals surface area contributed by atoms with Crippen molar-refractivity contribution < 1.29 is 19.4 Å². The zero-order valence-electron chi connectivity index (χ0n) is 12.4. The molecule has 21 heavy (non-hydrogen) atoms. The average molecular weight is 290 g/mol. The molecule has 4 saturated carbocycles. The van der Waals surface area contributed by atoms with Gasteiger partial charge in [-0.25, -0.2) is 4.79 Å².